The summed E-state index contributed by atoms with van der Waals surface area (Å²) in [5.41, 5.74) is 2.86. The average Bonchev–Trinajstić information content (AvgIpc) is 2.83. The van der Waals surface area contributed by atoms with Gasteiger partial charge in [-0.15, -0.1) is 0 Å². The van der Waals surface area contributed by atoms with Crippen LogP contribution >= 0.6 is 0 Å². The topological polar surface area (TPSA) is 89.0 Å². The second-order valence-electron chi connectivity index (χ2n) is 7.27. The zero-order chi connectivity index (χ0) is 25.3. The Morgan fingerprint density at radius 1 is 0.971 bits per heavy atom. The van der Waals surface area contributed by atoms with E-state index in [1.54, 1.807) is 48.5 Å². The van der Waals surface area contributed by atoms with Crippen LogP contribution in [-0.4, -0.2) is 31.7 Å². The number of benzene rings is 3. The largest absolute Gasteiger partial charge is 0.495 e. The first-order valence-electron chi connectivity index (χ1n) is 10.4. The molecule has 0 unspecified atom stereocenters. The van der Waals surface area contributed by atoms with Crippen molar-refractivity contribution in [1.29, 1.82) is 0 Å². The molecule has 3 aromatic carbocycles. The van der Waals surface area contributed by atoms with E-state index in [-0.39, 0.29) is 24.5 Å². The van der Waals surface area contributed by atoms with E-state index in [1.165, 1.54) is 25.5 Å². The van der Waals surface area contributed by atoms with Crippen LogP contribution in [0.2, 0.25) is 0 Å². The third-order valence-electron chi connectivity index (χ3n) is 4.65. The molecule has 2 amide bonds. The van der Waals surface area contributed by atoms with Gasteiger partial charge in [0.25, 0.3) is 5.91 Å². The maximum absolute atomic E-state index is 12.8. The normalized spacial score (nSPS) is 11.2. The summed E-state index contributed by atoms with van der Waals surface area (Å²) in [6.45, 7) is -0.211. The molecule has 0 aliphatic rings. The Morgan fingerprint density at radius 2 is 1.71 bits per heavy atom. The molecule has 0 atom stereocenters. The number of rotatable bonds is 9. The van der Waals surface area contributed by atoms with Gasteiger partial charge in [0.15, 0.2) is 6.61 Å². The van der Waals surface area contributed by atoms with Gasteiger partial charge in [-0.05, 0) is 53.6 Å². The van der Waals surface area contributed by atoms with Crippen molar-refractivity contribution in [2.45, 2.75) is 12.6 Å². The summed E-state index contributed by atoms with van der Waals surface area (Å²) in [4.78, 5) is 24.1. The van der Waals surface area contributed by atoms with Crippen molar-refractivity contribution < 1.29 is 32.2 Å². The second-order valence-corrected chi connectivity index (χ2v) is 7.27. The quantitative estimate of drug-likeness (QED) is 0.347. The van der Waals surface area contributed by atoms with Crippen molar-refractivity contribution in [3.63, 3.8) is 0 Å². The fraction of sp³-hybridized carbons (Fsp3) is 0.160. The van der Waals surface area contributed by atoms with E-state index in [2.05, 4.69) is 15.8 Å². The number of alkyl halides is 3. The molecular formula is C25H22F3N3O4. The van der Waals surface area contributed by atoms with Gasteiger partial charge in [0, 0.05) is 0 Å². The molecule has 0 saturated carbocycles. The lowest BCUT2D eigenvalue weighted by Gasteiger charge is -2.10. The van der Waals surface area contributed by atoms with Crippen LogP contribution in [0.25, 0.3) is 0 Å². The van der Waals surface area contributed by atoms with Gasteiger partial charge < -0.3 is 14.8 Å². The number of nitrogens with one attached hydrogen (secondary N) is 2. The number of hydrazone groups is 1. The minimum Gasteiger partial charge on any atom is -0.495 e. The molecule has 7 nitrogen and oxygen atoms in total. The summed E-state index contributed by atoms with van der Waals surface area (Å²) >= 11 is 0. The first kappa shape index (κ1) is 25.3. The van der Waals surface area contributed by atoms with E-state index in [9.17, 15) is 22.8 Å². The minimum atomic E-state index is -4.47. The third-order valence-corrected chi connectivity index (χ3v) is 4.65. The molecule has 3 aromatic rings. The highest BCUT2D eigenvalue weighted by atomic mass is 19.4. The van der Waals surface area contributed by atoms with Gasteiger partial charge in [0.05, 0.1) is 31.0 Å². The SMILES string of the molecule is COc1ccccc1NC(=O)COc1ccc(/C=N/NC(=O)Cc2cccc(C(F)(F)F)c2)cc1. The number of carbonyl (C=O) groups is 2. The van der Waals surface area contributed by atoms with Crippen LogP contribution in [0.15, 0.2) is 77.9 Å². The highest BCUT2D eigenvalue weighted by molar-refractivity contribution is 5.93. The van der Waals surface area contributed by atoms with E-state index < -0.39 is 17.6 Å². The van der Waals surface area contributed by atoms with Crippen molar-refractivity contribution >= 4 is 23.7 Å². The summed E-state index contributed by atoms with van der Waals surface area (Å²) < 4.78 is 49.0. The summed E-state index contributed by atoms with van der Waals surface area (Å²) in [5.74, 6) is 0.0718. The highest BCUT2D eigenvalue weighted by Crippen LogP contribution is 2.29. The van der Waals surface area contributed by atoms with Crippen LogP contribution in [0.1, 0.15) is 16.7 Å². The molecule has 35 heavy (non-hydrogen) atoms. The Bertz CT molecular complexity index is 1200. The second kappa shape index (κ2) is 11.7. The molecule has 0 fully saturated rings. The standard InChI is InChI=1S/C25H22F3N3O4/c1-34-22-8-3-2-7-21(22)30-24(33)16-35-20-11-9-17(10-12-20)15-29-31-23(32)14-18-5-4-6-19(13-18)25(26,27)28/h2-13,15H,14,16H2,1H3,(H,30,33)(H,31,32)/b29-15+. The molecule has 0 radical (unpaired) electrons. The van der Waals surface area contributed by atoms with Gasteiger partial charge >= 0.3 is 6.18 Å². The molecule has 0 heterocycles. The van der Waals surface area contributed by atoms with Gasteiger partial charge in [0.1, 0.15) is 11.5 Å². The maximum atomic E-state index is 12.8. The third kappa shape index (κ3) is 7.88. The van der Waals surface area contributed by atoms with Crippen LogP contribution in [0, 0.1) is 0 Å². The first-order chi connectivity index (χ1) is 16.7. The number of nitrogens with zero attached hydrogens (tertiary/aromatic N) is 1. The summed E-state index contributed by atoms with van der Waals surface area (Å²) in [5, 5.41) is 6.52. The molecule has 182 valence electrons. The van der Waals surface area contributed by atoms with E-state index >= 15 is 0 Å². The van der Waals surface area contributed by atoms with Gasteiger partial charge in [-0.25, -0.2) is 5.43 Å². The predicted octanol–water partition coefficient (Wildman–Crippen LogP) is 4.42. The first-order valence-corrected chi connectivity index (χ1v) is 10.4. The Balaban J connectivity index is 1.45. The Morgan fingerprint density at radius 3 is 2.43 bits per heavy atom. The van der Waals surface area contributed by atoms with Crippen molar-refractivity contribution in [3.05, 3.63) is 89.5 Å². The Hall–Kier alpha value is -4.34. The van der Waals surface area contributed by atoms with Crippen molar-refractivity contribution in [2.75, 3.05) is 19.0 Å². The monoisotopic (exact) mass is 485 g/mol. The van der Waals surface area contributed by atoms with Crippen LogP contribution in [0.3, 0.4) is 0 Å². The molecule has 0 aliphatic carbocycles. The molecule has 2 N–H and O–H groups in total. The fourth-order valence-corrected chi connectivity index (χ4v) is 2.99. The smallest absolute Gasteiger partial charge is 0.416 e. The zero-order valence-corrected chi connectivity index (χ0v) is 18.6. The molecule has 0 aromatic heterocycles. The molecule has 10 heteroatoms. The summed E-state index contributed by atoms with van der Waals surface area (Å²) in [7, 11) is 1.51. The highest BCUT2D eigenvalue weighted by Gasteiger charge is 2.30. The number of para-hydroxylation sites is 2. The van der Waals surface area contributed by atoms with Crippen molar-refractivity contribution in [3.8, 4) is 11.5 Å². The van der Waals surface area contributed by atoms with Gasteiger partial charge in [0.2, 0.25) is 5.91 Å². The minimum absolute atomic E-state index is 0.211. The number of ether oxygens (including phenoxy) is 2. The van der Waals surface area contributed by atoms with Crippen LogP contribution < -0.4 is 20.2 Å². The van der Waals surface area contributed by atoms with Crippen LogP contribution in [-0.2, 0) is 22.2 Å². The van der Waals surface area contributed by atoms with Gasteiger partial charge in [-0.1, -0.05) is 30.3 Å². The number of amides is 2. The van der Waals surface area contributed by atoms with Crippen LogP contribution in [0.5, 0.6) is 11.5 Å². The van der Waals surface area contributed by atoms with Gasteiger partial charge in [-0.2, -0.15) is 18.3 Å². The number of methoxy groups -OCH3 is 1. The number of hydrogen-bond donors (Lipinski definition) is 2. The molecule has 0 bridgehead atoms. The van der Waals surface area contributed by atoms with E-state index in [4.69, 9.17) is 9.47 Å². The van der Waals surface area contributed by atoms with Crippen molar-refractivity contribution in [1.82, 2.24) is 5.43 Å². The molecule has 0 spiro atoms. The van der Waals surface area contributed by atoms with E-state index in [0.717, 1.165) is 12.1 Å². The zero-order valence-electron chi connectivity index (χ0n) is 18.6. The number of anilines is 1. The van der Waals surface area contributed by atoms with E-state index in [0.29, 0.717) is 22.7 Å². The fourth-order valence-electron chi connectivity index (χ4n) is 2.99. The lowest BCUT2D eigenvalue weighted by atomic mass is 10.1. The summed E-state index contributed by atoms with van der Waals surface area (Å²) in [6.07, 6.45) is -3.34. The number of halogens is 3. The average molecular weight is 485 g/mol. The predicted molar refractivity (Wildman–Crippen MR) is 124 cm³/mol. The molecule has 0 aliphatic heterocycles. The lowest BCUT2D eigenvalue weighted by Crippen LogP contribution is -2.20. The van der Waals surface area contributed by atoms with Crippen molar-refractivity contribution in [2.24, 2.45) is 5.10 Å². The maximum Gasteiger partial charge on any atom is 0.416 e. The lowest BCUT2D eigenvalue weighted by molar-refractivity contribution is -0.137. The molecular weight excluding hydrogens is 463 g/mol. The molecule has 0 saturated heterocycles. The summed E-state index contributed by atoms with van der Waals surface area (Å²) in [6, 6.07) is 18.1. The van der Waals surface area contributed by atoms with Gasteiger partial charge in [-0.3, -0.25) is 9.59 Å². The number of carbonyl (C=O) groups excluding carboxylic acids is 2. The Kier molecular flexibility index (Phi) is 8.44. The van der Waals surface area contributed by atoms with Crippen LogP contribution in [0.4, 0.5) is 18.9 Å². The molecule has 3 rings (SSSR count). The Labute approximate surface area is 199 Å². The van der Waals surface area contributed by atoms with E-state index in [1.807, 2.05) is 0 Å². The number of hydrogen-bond acceptors (Lipinski definition) is 5.